The van der Waals surface area contributed by atoms with Crippen molar-refractivity contribution in [2.45, 2.75) is 25.0 Å². The van der Waals surface area contributed by atoms with Crippen LogP contribution in [0.3, 0.4) is 0 Å². The van der Waals surface area contributed by atoms with Crippen LogP contribution in [-0.2, 0) is 9.53 Å². The number of nitrogens with one attached hydrogen (secondary N) is 2. The van der Waals surface area contributed by atoms with Gasteiger partial charge >= 0.3 is 6.03 Å². The number of benzene rings is 2. The highest BCUT2D eigenvalue weighted by Crippen LogP contribution is 2.28. The Labute approximate surface area is 173 Å². The Morgan fingerprint density at radius 1 is 1.13 bits per heavy atom. The second kappa shape index (κ2) is 8.62. The fraction of sp³-hybridized carbons (Fsp3) is 0.318. The van der Waals surface area contributed by atoms with Crippen molar-refractivity contribution in [3.63, 3.8) is 0 Å². The number of hydrogen-bond acceptors (Lipinski definition) is 4. The zero-order valence-electron chi connectivity index (χ0n) is 16.6. The lowest BCUT2D eigenvalue weighted by molar-refractivity contribution is -0.119. The number of carbonyl (C=O) groups is 2. The molecular formula is C22H23FN4O3. The summed E-state index contributed by atoms with van der Waals surface area (Å²) in [6.07, 6.45) is 0.476. The summed E-state index contributed by atoms with van der Waals surface area (Å²) in [5, 5.41) is 5.45. The molecule has 2 heterocycles. The predicted molar refractivity (Wildman–Crippen MR) is 111 cm³/mol. The van der Waals surface area contributed by atoms with Crippen LogP contribution < -0.4 is 15.5 Å². The van der Waals surface area contributed by atoms with Crippen LogP contribution in [-0.4, -0.2) is 50.1 Å². The lowest BCUT2D eigenvalue weighted by Crippen LogP contribution is -2.52. The Morgan fingerprint density at radius 2 is 1.87 bits per heavy atom. The average molecular weight is 410 g/mol. The number of para-hydroxylation sites is 1. The first-order valence-electron chi connectivity index (χ1n) is 9.89. The number of urea groups is 1. The quantitative estimate of drug-likeness (QED) is 0.815. The van der Waals surface area contributed by atoms with Crippen LogP contribution in [0.1, 0.15) is 24.0 Å². The van der Waals surface area contributed by atoms with Gasteiger partial charge in [0.25, 0.3) is 5.91 Å². The van der Waals surface area contributed by atoms with Crippen molar-refractivity contribution < 1.29 is 18.7 Å². The summed E-state index contributed by atoms with van der Waals surface area (Å²) < 4.78 is 20.0. The number of carbonyl (C=O) groups excluding carboxylic acids is 2. The number of ether oxygens (including phenoxy) is 1. The first-order valence-corrected chi connectivity index (χ1v) is 9.89. The maximum Gasteiger partial charge on any atom is 0.317 e. The summed E-state index contributed by atoms with van der Waals surface area (Å²) in [6.45, 7) is 1.11. The maximum absolute atomic E-state index is 14.6. The molecule has 2 aromatic rings. The number of hydrogen-bond donors (Lipinski definition) is 2. The van der Waals surface area contributed by atoms with Gasteiger partial charge in [0.2, 0.25) is 6.17 Å². The Kier molecular flexibility index (Phi) is 5.76. The van der Waals surface area contributed by atoms with E-state index in [1.807, 2.05) is 0 Å². The fourth-order valence-corrected chi connectivity index (χ4v) is 3.69. The molecule has 7 nitrogen and oxygen atoms in total. The molecule has 0 aliphatic carbocycles. The van der Waals surface area contributed by atoms with Gasteiger partial charge in [0.1, 0.15) is 5.82 Å². The number of aliphatic imine (C=N–C) groups is 1. The highest BCUT2D eigenvalue weighted by molar-refractivity contribution is 6.20. The van der Waals surface area contributed by atoms with Crippen molar-refractivity contribution in [1.82, 2.24) is 10.6 Å². The van der Waals surface area contributed by atoms with Crippen molar-refractivity contribution in [3.8, 4) is 0 Å². The summed E-state index contributed by atoms with van der Waals surface area (Å²) in [7, 11) is 1.61. The van der Waals surface area contributed by atoms with E-state index in [-0.39, 0.29) is 11.6 Å². The number of nitrogens with zero attached hydrogens (tertiary/aromatic N) is 2. The van der Waals surface area contributed by atoms with E-state index in [0.717, 1.165) is 12.8 Å². The van der Waals surface area contributed by atoms with Gasteiger partial charge in [-0.3, -0.25) is 4.79 Å². The van der Waals surface area contributed by atoms with E-state index >= 15 is 0 Å². The van der Waals surface area contributed by atoms with Crippen LogP contribution in [0.25, 0.3) is 0 Å². The first-order chi connectivity index (χ1) is 14.5. The van der Waals surface area contributed by atoms with Gasteiger partial charge in [-0.25, -0.2) is 14.2 Å². The molecule has 2 aliphatic heterocycles. The molecule has 3 amide bonds. The van der Waals surface area contributed by atoms with Gasteiger partial charge in [0.15, 0.2) is 0 Å². The Bertz CT molecular complexity index is 988. The van der Waals surface area contributed by atoms with Crippen molar-refractivity contribution >= 4 is 23.3 Å². The lowest BCUT2D eigenvalue weighted by Gasteiger charge is -2.25. The molecule has 0 radical (unpaired) electrons. The number of amides is 3. The molecule has 0 saturated carbocycles. The second-order valence-corrected chi connectivity index (χ2v) is 7.31. The lowest BCUT2D eigenvalue weighted by atomic mass is 10.00. The number of rotatable bonds is 3. The van der Waals surface area contributed by atoms with E-state index in [1.54, 1.807) is 49.5 Å². The van der Waals surface area contributed by atoms with Crippen LogP contribution in [0.2, 0.25) is 0 Å². The van der Waals surface area contributed by atoms with Gasteiger partial charge in [-0.05, 0) is 31.0 Å². The molecule has 2 atom stereocenters. The molecule has 0 spiro atoms. The molecule has 4 rings (SSSR count). The van der Waals surface area contributed by atoms with Gasteiger partial charge in [0.05, 0.1) is 24.0 Å². The molecule has 0 bridgehead atoms. The van der Waals surface area contributed by atoms with Gasteiger partial charge < -0.3 is 20.3 Å². The zero-order chi connectivity index (χ0) is 21.1. The molecule has 8 heteroatoms. The molecule has 2 unspecified atom stereocenters. The van der Waals surface area contributed by atoms with E-state index in [1.165, 1.54) is 11.0 Å². The number of halogens is 1. The smallest absolute Gasteiger partial charge is 0.317 e. The third kappa shape index (κ3) is 4.04. The molecular weight excluding hydrogens is 387 g/mol. The van der Waals surface area contributed by atoms with Crippen molar-refractivity contribution in [1.29, 1.82) is 0 Å². The molecule has 2 aliphatic rings. The standard InChI is InChI=1S/C22H23FN4O3/c1-27-18-11-5-3-9-16(18)19(15-8-2-4-10-17(15)23)25-20(21(27)28)26-22(29)24-14-7-6-12-30-13-14/h2-5,8-11,14,20H,6-7,12-13H2,1H3,(H2,24,26,29). The van der Waals surface area contributed by atoms with Gasteiger partial charge in [-0.15, -0.1) is 0 Å². The third-order valence-corrected chi connectivity index (χ3v) is 5.24. The summed E-state index contributed by atoms with van der Waals surface area (Å²) in [4.78, 5) is 31.5. The molecule has 1 saturated heterocycles. The Morgan fingerprint density at radius 3 is 2.60 bits per heavy atom. The minimum atomic E-state index is -1.19. The van der Waals surface area contributed by atoms with E-state index in [2.05, 4.69) is 15.6 Å². The normalized spacial score (nSPS) is 21.3. The van der Waals surface area contributed by atoms with Crippen LogP contribution in [0.5, 0.6) is 0 Å². The molecule has 156 valence electrons. The van der Waals surface area contributed by atoms with E-state index in [0.29, 0.717) is 30.2 Å². The van der Waals surface area contributed by atoms with Crippen LogP contribution >= 0.6 is 0 Å². The molecule has 1 fully saturated rings. The number of fused-ring (bicyclic) bond motifs is 1. The van der Waals surface area contributed by atoms with Crippen molar-refractivity contribution in [2.24, 2.45) is 4.99 Å². The Balaban J connectivity index is 1.68. The highest BCUT2D eigenvalue weighted by Gasteiger charge is 2.32. The van der Waals surface area contributed by atoms with E-state index < -0.39 is 23.9 Å². The summed E-state index contributed by atoms with van der Waals surface area (Å²) in [5.74, 6) is -0.866. The van der Waals surface area contributed by atoms with Gasteiger partial charge in [-0.2, -0.15) is 0 Å². The Hall–Kier alpha value is -3.26. The third-order valence-electron chi connectivity index (χ3n) is 5.24. The molecule has 2 aromatic carbocycles. The largest absolute Gasteiger partial charge is 0.379 e. The monoisotopic (exact) mass is 410 g/mol. The van der Waals surface area contributed by atoms with Crippen LogP contribution in [0.4, 0.5) is 14.9 Å². The fourth-order valence-electron chi connectivity index (χ4n) is 3.69. The minimum Gasteiger partial charge on any atom is -0.379 e. The van der Waals surface area contributed by atoms with Crippen molar-refractivity contribution in [3.05, 3.63) is 65.5 Å². The first kappa shape index (κ1) is 20.0. The minimum absolute atomic E-state index is 0.121. The van der Waals surface area contributed by atoms with Gasteiger partial charge in [-0.1, -0.05) is 30.3 Å². The SMILES string of the molecule is CN1C(=O)C(NC(=O)NC2CCCOC2)N=C(c2ccccc2F)c2ccccc21. The van der Waals surface area contributed by atoms with Gasteiger partial charge in [0, 0.05) is 24.8 Å². The number of likely N-dealkylation sites (N-methyl/N-ethyl adjacent to an activating group) is 1. The second-order valence-electron chi connectivity index (χ2n) is 7.31. The maximum atomic E-state index is 14.6. The van der Waals surface area contributed by atoms with Crippen LogP contribution in [0, 0.1) is 5.82 Å². The van der Waals surface area contributed by atoms with E-state index in [9.17, 15) is 14.0 Å². The van der Waals surface area contributed by atoms with Crippen molar-refractivity contribution in [2.75, 3.05) is 25.2 Å². The topological polar surface area (TPSA) is 83.0 Å². The molecule has 2 N–H and O–H groups in total. The summed E-state index contributed by atoms with van der Waals surface area (Å²) >= 11 is 0. The zero-order valence-corrected chi connectivity index (χ0v) is 16.6. The summed E-state index contributed by atoms with van der Waals surface area (Å²) in [6, 6.07) is 12.8. The van der Waals surface area contributed by atoms with E-state index in [4.69, 9.17) is 4.74 Å². The molecule has 30 heavy (non-hydrogen) atoms. The number of benzodiazepines with no additional fused rings is 1. The molecule has 0 aromatic heterocycles. The average Bonchev–Trinajstić information content (AvgIpc) is 2.86. The van der Waals surface area contributed by atoms with Crippen LogP contribution in [0.15, 0.2) is 53.5 Å². The summed E-state index contributed by atoms with van der Waals surface area (Å²) in [5.41, 5.74) is 1.78. The number of anilines is 1. The highest BCUT2D eigenvalue weighted by atomic mass is 19.1. The predicted octanol–water partition coefficient (Wildman–Crippen LogP) is 2.44.